The van der Waals surface area contributed by atoms with E-state index in [4.69, 9.17) is 9.47 Å². The van der Waals surface area contributed by atoms with E-state index in [-0.39, 0.29) is 6.17 Å². The van der Waals surface area contributed by atoms with E-state index in [1.165, 1.54) is 33.6 Å². The lowest BCUT2D eigenvalue weighted by Gasteiger charge is -2.41. The molecule has 0 unspecified atom stereocenters. The highest BCUT2D eigenvalue weighted by atomic mass is 16.5. The van der Waals surface area contributed by atoms with Gasteiger partial charge in [-0.15, -0.1) is 0 Å². The molecule has 254 valence electrons. The van der Waals surface area contributed by atoms with Crippen molar-refractivity contribution >= 4 is 28.4 Å². The van der Waals surface area contributed by atoms with Crippen molar-refractivity contribution in [2.45, 2.75) is 85.2 Å². The fourth-order valence-corrected chi connectivity index (χ4v) is 7.97. The summed E-state index contributed by atoms with van der Waals surface area (Å²) in [5.74, 6) is 4.63. The maximum absolute atomic E-state index is 6.79. The van der Waals surface area contributed by atoms with Crippen LogP contribution < -0.4 is 24.2 Å². The smallest absolute Gasteiger partial charge is 0.155 e. The second kappa shape index (κ2) is 12.3. The normalized spacial score (nSPS) is 14.8. The summed E-state index contributed by atoms with van der Waals surface area (Å²) in [6.45, 7) is 18.4. The molecule has 0 radical (unpaired) electrons. The van der Waals surface area contributed by atoms with E-state index in [9.17, 15) is 0 Å². The first-order valence-corrected chi connectivity index (χ1v) is 18.2. The van der Waals surface area contributed by atoms with Crippen LogP contribution in [0.1, 0.15) is 113 Å². The van der Waals surface area contributed by atoms with Gasteiger partial charge in [-0.2, -0.15) is 0 Å². The van der Waals surface area contributed by atoms with Crippen molar-refractivity contribution in [3.8, 4) is 23.0 Å². The van der Waals surface area contributed by atoms with Crippen LogP contribution in [0.2, 0.25) is 0 Å². The number of nitrogens with zero attached hydrogens (tertiary/aromatic N) is 3. The summed E-state index contributed by atoms with van der Waals surface area (Å²) in [5.41, 5.74) is 12.0. The number of ether oxygens (including phenoxy) is 2. The number of hydrogen-bond donors (Lipinski definition) is 0. The molecule has 5 aromatic rings. The Morgan fingerprint density at radius 3 is 1.20 bits per heavy atom. The van der Waals surface area contributed by atoms with Gasteiger partial charge in [-0.05, 0) is 82.3 Å². The predicted octanol–water partition coefficient (Wildman–Crippen LogP) is 13.4. The summed E-state index contributed by atoms with van der Waals surface area (Å²) >= 11 is 0. The Morgan fingerprint density at radius 1 is 0.440 bits per heavy atom. The minimum Gasteiger partial charge on any atom is -0.453 e. The molecule has 0 amide bonds. The van der Waals surface area contributed by atoms with Crippen molar-refractivity contribution in [1.82, 2.24) is 0 Å². The third-order valence-corrected chi connectivity index (χ3v) is 10.4. The molecule has 8 rings (SSSR count). The van der Waals surface area contributed by atoms with E-state index in [0.717, 1.165) is 45.6 Å². The predicted molar refractivity (Wildman–Crippen MR) is 207 cm³/mol. The number of anilines is 5. The zero-order chi connectivity index (χ0) is 34.8. The minimum absolute atomic E-state index is 0.193. The highest BCUT2D eigenvalue weighted by Crippen LogP contribution is 2.61. The molecule has 3 heterocycles. The Morgan fingerprint density at radius 2 is 0.820 bits per heavy atom. The molecule has 50 heavy (non-hydrogen) atoms. The van der Waals surface area contributed by atoms with Gasteiger partial charge in [0.25, 0.3) is 0 Å². The van der Waals surface area contributed by atoms with Gasteiger partial charge < -0.3 is 19.3 Å². The molecular weight excluding hydrogens is 615 g/mol. The molecule has 0 aliphatic carbocycles. The quantitative estimate of drug-likeness (QED) is 0.169. The lowest BCUT2D eigenvalue weighted by atomic mass is 9.90. The lowest BCUT2D eigenvalue weighted by molar-refractivity contribution is 0.443. The topological polar surface area (TPSA) is 28.2 Å². The highest BCUT2D eigenvalue weighted by Gasteiger charge is 2.40. The average Bonchev–Trinajstić information content (AvgIpc) is 3.55. The van der Waals surface area contributed by atoms with Crippen LogP contribution in [0.4, 0.5) is 28.4 Å². The number of hydrogen-bond acceptors (Lipinski definition) is 5. The molecule has 0 atom stereocenters. The molecule has 3 aliphatic heterocycles. The molecular formula is C45H47N3O2. The molecule has 0 fully saturated rings. The monoisotopic (exact) mass is 661 g/mol. The second-order valence-corrected chi connectivity index (χ2v) is 15.0. The Kier molecular flexibility index (Phi) is 7.90. The molecule has 0 saturated heterocycles. The van der Waals surface area contributed by atoms with Crippen molar-refractivity contribution in [2.24, 2.45) is 0 Å². The average molecular weight is 662 g/mol. The van der Waals surface area contributed by atoms with Crippen molar-refractivity contribution < 1.29 is 9.47 Å². The van der Waals surface area contributed by atoms with Gasteiger partial charge in [-0.3, -0.25) is 4.90 Å². The van der Waals surface area contributed by atoms with E-state index in [0.29, 0.717) is 23.7 Å². The Bertz CT molecular complexity index is 1930. The Hall–Kier alpha value is -5.16. The molecule has 5 nitrogen and oxygen atoms in total. The van der Waals surface area contributed by atoms with Crippen molar-refractivity contribution in [2.75, 3.05) is 14.7 Å². The van der Waals surface area contributed by atoms with E-state index in [2.05, 4.69) is 167 Å². The molecule has 5 aromatic carbocycles. The van der Waals surface area contributed by atoms with Crippen LogP contribution in [0.25, 0.3) is 0 Å². The van der Waals surface area contributed by atoms with Crippen LogP contribution in [0.5, 0.6) is 23.0 Å². The van der Waals surface area contributed by atoms with E-state index in [1.54, 1.807) is 0 Å². The zero-order valence-electron chi connectivity index (χ0n) is 30.4. The minimum atomic E-state index is -0.193. The van der Waals surface area contributed by atoms with Crippen LogP contribution in [-0.4, -0.2) is 0 Å². The third kappa shape index (κ3) is 5.05. The summed E-state index contributed by atoms with van der Waals surface area (Å²) in [4.78, 5) is 7.31. The molecule has 0 bridgehead atoms. The van der Waals surface area contributed by atoms with Crippen LogP contribution in [0.3, 0.4) is 0 Å². The number of fused-ring (bicyclic) bond motifs is 4. The van der Waals surface area contributed by atoms with E-state index in [1.807, 2.05) is 12.1 Å². The van der Waals surface area contributed by atoms with Crippen LogP contribution in [-0.2, 0) is 0 Å². The number of para-hydroxylation sites is 6. The first-order chi connectivity index (χ1) is 24.1. The summed E-state index contributed by atoms with van der Waals surface area (Å²) in [5, 5.41) is 0. The van der Waals surface area contributed by atoms with Gasteiger partial charge in [0.2, 0.25) is 0 Å². The number of benzene rings is 5. The van der Waals surface area contributed by atoms with Crippen LogP contribution in [0.15, 0.2) is 109 Å². The second-order valence-electron chi connectivity index (χ2n) is 15.0. The first kappa shape index (κ1) is 32.1. The summed E-state index contributed by atoms with van der Waals surface area (Å²) in [6.07, 6.45) is 4.40. The molecule has 0 aromatic heterocycles. The molecule has 0 spiro atoms. The van der Waals surface area contributed by atoms with E-state index >= 15 is 0 Å². The van der Waals surface area contributed by atoms with Crippen molar-refractivity contribution in [1.29, 1.82) is 0 Å². The van der Waals surface area contributed by atoms with Gasteiger partial charge in [-0.25, -0.2) is 0 Å². The highest BCUT2D eigenvalue weighted by molar-refractivity contribution is 5.94. The molecule has 5 heteroatoms. The molecule has 0 N–H and O–H groups in total. The zero-order valence-corrected chi connectivity index (χ0v) is 30.4. The van der Waals surface area contributed by atoms with Crippen LogP contribution in [0, 0.1) is 0 Å². The summed E-state index contributed by atoms with van der Waals surface area (Å²) in [6, 6.07) is 34.7. The van der Waals surface area contributed by atoms with Gasteiger partial charge in [0, 0.05) is 29.3 Å². The van der Waals surface area contributed by atoms with Gasteiger partial charge in [0.05, 0.1) is 11.4 Å². The number of rotatable bonds is 7. The Labute approximate surface area is 297 Å². The van der Waals surface area contributed by atoms with Gasteiger partial charge >= 0.3 is 0 Å². The van der Waals surface area contributed by atoms with Crippen molar-refractivity contribution in [3.63, 3.8) is 0 Å². The summed E-state index contributed by atoms with van der Waals surface area (Å²) < 4.78 is 13.6. The third-order valence-electron chi connectivity index (χ3n) is 10.4. The maximum Gasteiger partial charge on any atom is 0.155 e. The first-order valence-electron chi connectivity index (χ1n) is 18.2. The van der Waals surface area contributed by atoms with Crippen LogP contribution >= 0.6 is 0 Å². The van der Waals surface area contributed by atoms with Gasteiger partial charge in [-0.1, -0.05) is 116 Å². The SMILES string of the molecule is CC(C)c1cccc(C(C)C)c1N1C=CN(c2c(C(C)C)cccc2C(C)C)C1c1cc2c3c(c1)Oc1ccccc1N3c1ccccc1O2. The van der Waals surface area contributed by atoms with E-state index < -0.39 is 0 Å². The molecule has 0 saturated carbocycles. The lowest BCUT2D eigenvalue weighted by Crippen LogP contribution is -2.33. The molecule has 3 aliphatic rings. The Balaban J connectivity index is 1.39. The summed E-state index contributed by atoms with van der Waals surface area (Å²) in [7, 11) is 0. The standard InChI is InChI=1S/C45H47N3O2/c1-27(2)32-15-13-16-33(28(3)4)42(32)46-23-24-47(43-34(29(5)6)17-14-18-35(43)30(7)8)45(46)31-25-40-44-41(26-31)50-39-22-12-10-20-37(39)48(44)36-19-9-11-21-38(36)49-40/h9-30,45H,1-8H3. The van der Waals surface area contributed by atoms with Crippen molar-refractivity contribution in [3.05, 3.63) is 137 Å². The van der Waals surface area contributed by atoms with Gasteiger partial charge in [0.15, 0.2) is 23.0 Å². The fraction of sp³-hybridized carbons (Fsp3) is 0.289. The maximum atomic E-state index is 6.79. The largest absolute Gasteiger partial charge is 0.453 e. The fourth-order valence-electron chi connectivity index (χ4n) is 7.97. The van der Waals surface area contributed by atoms with Gasteiger partial charge in [0.1, 0.15) is 11.9 Å².